The molecular formula is C12H18N2O2. The van der Waals surface area contributed by atoms with E-state index in [2.05, 4.69) is 10.3 Å². The van der Waals surface area contributed by atoms with Crippen LogP contribution in [-0.4, -0.2) is 22.1 Å². The Hall–Kier alpha value is -1.42. The van der Waals surface area contributed by atoms with Crippen LogP contribution in [0.2, 0.25) is 0 Å². The molecule has 0 aliphatic carbocycles. The summed E-state index contributed by atoms with van der Waals surface area (Å²) in [6, 6.07) is 3.72. The van der Waals surface area contributed by atoms with Gasteiger partial charge in [0.05, 0.1) is 12.1 Å². The molecule has 1 heterocycles. The van der Waals surface area contributed by atoms with Crippen LogP contribution in [0.3, 0.4) is 0 Å². The second-order valence-corrected chi connectivity index (χ2v) is 3.96. The number of carbonyl (C=O) groups is 1. The summed E-state index contributed by atoms with van der Waals surface area (Å²) >= 11 is 0. The fourth-order valence-electron chi connectivity index (χ4n) is 1.37. The van der Waals surface area contributed by atoms with E-state index in [9.17, 15) is 4.79 Å². The van der Waals surface area contributed by atoms with Crippen molar-refractivity contribution in [3.8, 4) is 0 Å². The summed E-state index contributed by atoms with van der Waals surface area (Å²) in [5, 5.41) is 11.9. The Morgan fingerprint density at radius 1 is 1.56 bits per heavy atom. The molecule has 0 spiro atoms. The highest BCUT2D eigenvalue weighted by Gasteiger charge is 2.09. The average molecular weight is 222 g/mol. The fraction of sp³-hybridized carbons (Fsp3) is 0.500. The molecule has 1 aromatic rings. The number of nitrogens with zero attached hydrogens (tertiary/aromatic N) is 1. The van der Waals surface area contributed by atoms with Gasteiger partial charge < -0.3 is 10.4 Å². The molecule has 4 nitrogen and oxygen atoms in total. The molecule has 88 valence electrons. The predicted molar refractivity (Wildman–Crippen MR) is 61.7 cm³/mol. The zero-order chi connectivity index (χ0) is 12.0. The van der Waals surface area contributed by atoms with Crippen LogP contribution in [0.5, 0.6) is 0 Å². The summed E-state index contributed by atoms with van der Waals surface area (Å²) in [7, 11) is 0. The predicted octanol–water partition coefficient (Wildman–Crippen LogP) is 1.42. The molecule has 0 aliphatic rings. The Bertz CT molecular complexity index is 325. The van der Waals surface area contributed by atoms with Crippen molar-refractivity contribution in [2.75, 3.05) is 0 Å². The average Bonchev–Trinajstić information content (AvgIpc) is 2.27. The fourth-order valence-corrected chi connectivity index (χ4v) is 1.37. The number of carbonyl (C=O) groups excluding carboxylic acids is 1. The van der Waals surface area contributed by atoms with Crippen LogP contribution in [0.25, 0.3) is 0 Å². The number of amides is 1. The van der Waals surface area contributed by atoms with E-state index in [-0.39, 0.29) is 11.9 Å². The number of pyridine rings is 1. The maximum Gasteiger partial charge on any atom is 0.220 e. The summed E-state index contributed by atoms with van der Waals surface area (Å²) in [5.41, 5.74) is 0.980. The van der Waals surface area contributed by atoms with Crippen molar-refractivity contribution in [1.82, 2.24) is 10.3 Å². The topological polar surface area (TPSA) is 62.2 Å². The van der Waals surface area contributed by atoms with Crippen molar-refractivity contribution >= 4 is 5.91 Å². The molecule has 4 heteroatoms. The summed E-state index contributed by atoms with van der Waals surface area (Å²) in [6.07, 6.45) is 3.85. The zero-order valence-electron chi connectivity index (χ0n) is 9.68. The van der Waals surface area contributed by atoms with Crippen LogP contribution in [0.4, 0.5) is 0 Å². The van der Waals surface area contributed by atoms with Gasteiger partial charge in [0.1, 0.15) is 0 Å². The Balaban J connectivity index is 2.40. The lowest BCUT2D eigenvalue weighted by Gasteiger charge is -2.14. The monoisotopic (exact) mass is 222 g/mol. The number of aromatic nitrogens is 1. The van der Waals surface area contributed by atoms with Gasteiger partial charge in [-0.1, -0.05) is 6.07 Å². The first-order chi connectivity index (χ1) is 7.59. The van der Waals surface area contributed by atoms with Gasteiger partial charge in [-0.15, -0.1) is 0 Å². The third-order valence-corrected chi connectivity index (χ3v) is 2.35. The molecule has 0 saturated carbocycles. The standard InChI is InChI=1S/C12H18N2O2/c1-9(15)5-6-12(16)14-10(2)11-4-3-7-13-8-11/h3-4,7-10,15H,5-6H2,1-2H3,(H,14,16)/t9?,10-/m1/s1. The molecule has 2 atom stereocenters. The van der Waals surface area contributed by atoms with Gasteiger partial charge in [-0.3, -0.25) is 9.78 Å². The van der Waals surface area contributed by atoms with Crippen LogP contribution in [0, 0.1) is 0 Å². The Morgan fingerprint density at radius 2 is 2.31 bits per heavy atom. The summed E-state index contributed by atoms with van der Waals surface area (Å²) in [5.74, 6) is -0.0442. The minimum atomic E-state index is -0.431. The third-order valence-electron chi connectivity index (χ3n) is 2.35. The minimum Gasteiger partial charge on any atom is -0.393 e. The van der Waals surface area contributed by atoms with E-state index in [0.717, 1.165) is 5.56 Å². The molecule has 1 rings (SSSR count). The van der Waals surface area contributed by atoms with E-state index >= 15 is 0 Å². The van der Waals surface area contributed by atoms with E-state index in [1.54, 1.807) is 19.3 Å². The van der Waals surface area contributed by atoms with Gasteiger partial charge in [0, 0.05) is 18.8 Å². The number of aliphatic hydroxyl groups is 1. The lowest BCUT2D eigenvalue weighted by atomic mass is 10.1. The molecule has 0 aliphatic heterocycles. The van der Waals surface area contributed by atoms with Gasteiger partial charge in [0.2, 0.25) is 5.91 Å². The van der Waals surface area contributed by atoms with Gasteiger partial charge in [-0.05, 0) is 31.9 Å². The van der Waals surface area contributed by atoms with E-state index in [1.165, 1.54) is 0 Å². The Labute approximate surface area is 95.7 Å². The number of aliphatic hydroxyl groups excluding tert-OH is 1. The Kier molecular flexibility index (Phi) is 4.92. The molecular weight excluding hydrogens is 204 g/mol. The van der Waals surface area contributed by atoms with E-state index in [4.69, 9.17) is 5.11 Å². The third kappa shape index (κ3) is 4.40. The lowest BCUT2D eigenvalue weighted by Crippen LogP contribution is -2.27. The first-order valence-electron chi connectivity index (χ1n) is 5.47. The van der Waals surface area contributed by atoms with Gasteiger partial charge in [-0.25, -0.2) is 0 Å². The number of hydrogen-bond donors (Lipinski definition) is 2. The van der Waals surface area contributed by atoms with Crippen molar-refractivity contribution in [3.05, 3.63) is 30.1 Å². The Morgan fingerprint density at radius 3 is 2.88 bits per heavy atom. The van der Waals surface area contributed by atoms with Crippen molar-refractivity contribution in [3.63, 3.8) is 0 Å². The maximum atomic E-state index is 11.5. The van der Waals surface area contributed by atoms with Crippen LogP contribution in [0.15, 0.2) is 24.5 Å². The normalized spacial score (nSPS) is 14.2. The number of rotatable bonds is 5. The lowest BCUT2D eigenvalue weighted by molar-refractivity contribution is -0.122. The van der Waals surface area contributed by atoms with Crippen LogP contribution in [-0.2, 0) is 4.79 Å². The second kappa shape index (κ2) is 6.23. The number of nitrogens with one attached hydrogen (secondary N) is 1. The summed E-state index contributed by atoms with van der Waals surface area (Å²) in [6.45, 7) is 3.59. The van der Waals surface area contributed by atoms with Crippen molar-refractivity contribution < 1.29 is 9.90 Å². The second-order valence-electron chi connectivity index (χ2n) is 3.96. The van der Waals surface area contributed by atoms with Gasteiger partial charge in [-0.2, -0.15) is 0 Å². The maximum absolute atomic E-state index is 11.5. The summed E-state index contributed by atoms with van der Waals surface area (Å²) < 4.78 is 0. The highest BCUT2D eigenvalue weighted by molar-refractivity contribution is 5.76. The van der Waals surface area contributed by atoms with Crippen molar-refractivity contribution in [2.45, 2.75) is 38.8 Å². The van der Waals surface area contributed by atoms with E-state index < -0.39 is 6.10 Å². The largest absolute Gasteiger partial charge is 0.393 e. The quantitative estimate of drug-likeness (QED) is 0.792. The van der Waals surface area contributed by atoms with Crippen LogP contribution < -0.4 is 5.32 Å². The van der Waals surface area contributed by atoms with Gasteiger partial charge >= 0.3 is 0 Å². The molecule has 1 unspecified atom stereocenters. The highest BCUT2D eigenvalue weighted by Crippen LogP contribution is 2.10. The first kappa shape index (κ1) is 12.6. The highest BCUT2D eigenvalue weighted by atomic mass is 16.3. The molecule has 16 heavy (non-hydrogen) atoms. The van der Waals surface area contributed by atoms with E-state index in [1.807, 2.05) is 19.1 Å². The molecule has 0 aromatic carbocycles. The molecule has 1 aromatic heterocycles. The zero-order valence-corrected chi connectivity index (χ0v) is 9.68. The van der Waals surface area contributed by atoms with Crippen LogP contribution in [0.1, 0.15) is 38.3 Å². The van der Waals surface area contributed by atoms with Gasteiger partial charge in [0.25, 0.3) is 0 Å². The minimum absolute atomic E-state index is 0.0442. The molecule has 0 fully saturated rings. The number of hydrogen-bond acceptors (Lipinski definition) is 3. The molecule has 2 N–H and O–H groups in total. The molecule has 1 amide bonds. The summed E-state index contributed by atoms with van der Waals surface area (Å²) in [4.78, 5) is 15.5. The molecule has 0 radical (unpaired) electrons. The van der Waals surface area contributed by atoms with E-state index in [0.29, 0.717) is 12.8 Å². The van der Waals surface area contributed by atoms with Crippen LogP contribution >= 0.6 is 0 Å². The molecule has 0 saturated heterocycles. The smallest absolute Gasteiger partial charge is 0.220 e. The van der Waals surface area contributed by atoms with Gasteiger partial charge in [0.15, 0.2) is 0 Å². The van der Waals surface area contributed by atoms with Crippen molar-refractivity contribution in [1.29, 1.82) is 0 Å². The first-order valence-corrected chi connectivity index (χ1v) is 5.47. The SMILES string of the molecule is CC(O)CCC(=O)N[C@H](C)c1cccnc1. The van der Waals surface area contributed by atoms with Crippen molar-refractivity contribution in [2.24, 2.45) is 0 Å². The molecule has 0 bridgehead atoms.